The zero-order chi connectivity index (χ0) is 18.1. The van der Waals surface area contributed by atoms with Gasteiger partial charge in [-0.2, -0.15) is 0 Å². The van der Waals surface area contributed by atoms with Gasteiger partial charge in [0.15, 0.2) is 0 Å². The first-order valence-corrected chi connectivity index (χ1v) is 7.66. The van der Waals surface area contributed by atoms with E-state index in [2.05, 4.69) is 10.6 Å². The Hall–Kier alpha value is -2.28. The molecule has 1 aromatic carbocycles. The third-order valence-corrected chi connectivity index (χ3v) is 4.56. The Bertz CT molecular complexity index is 674. The van der Waals surface area contributed by atoms with Crippen LogP contribution in [0, 0.1) is 17.7 Å². The minimum absolute atomic E-state index is 0.324. The zero-order valence-corrected chi connectivity index (χ0v) is 13.8. The van der Waals surface area contributed by atoms with Gasteiger partial charge in [0, 0.05) is 26.4 Å². The van der Waals surface area contributed by atoms with Gasteiger partial charge in [0.1, 0.15) is 17.5 Å². The maximum absolute atomic E-state index is 13.7. The minimum atomic E-state index is -1.64. The van der Waals surface area contributed by atoms with Crippen LogP contribution in [-0.4, -0.2) is 42.4 Å². The van der Waals surface area contributed by atoms with Gasteiger partial charge in [-0.25, -0.2) is 4.39 Å². The number of nitrogens with one attached hydrogen (secondary N) is 2. The van der Waals surface area contributed by atoms with Crippen LogP contribution in [0.1, 0.15) is 24.8 Å². The third kappa shape index (κ3) is 3.17. The summed E-state index contributed by atoms with van der Waals surface area (Å²) in [5.74, 6) is -5.28. The van der Waals surface area contributed by atoms with Gasteiger partial charge in [0.05, 0.1) is 11.5 Å². The SMILES string of the molecule is CNC(=O)[C@@H]1C(=O)C[C@](C)(O)[C@H](C(=O)NC)[C@@H]1c1cccc(F)c1. The van der Waals surface area contributed by atoms with Gasteiger partial charge < -0.3 is 15.7 Å². The van der Waals surface area contributed by atoms with Crippen molar-refractivity contribution in [2.75, 3.05) is 14.1 Å². The van der Waals surface area contributed by atoms with Crippen molar-refractivity contribution in [1.82, 2.24) is 10.6 Å². The highest BCUT2D eigenvalue weighted by Gasteiger charge is 2.55. The van der Waals surface area contributed by atoms with Gasteiger partial charge in [-0.3, -0.25) is 14.4 Å². The number of carbonyl (C=O) groups excluding carboxylic acids is 3. The number of amides is 2. The fraction of sp³-hybridized carbons (Fsp3) is 0.471. The molecule has 0 bridgehead atoms. The summed E-state index contributed by atoms with van der Waals surface area (Å²) in [4.78, 5) is 37.2. The topological polar surface area (TPSA) is 95.5 Å². The molecule has 1 saturated carbocycles. The lowest BCUT2D eigenvalue weighted by Gasteiger charge is -2.44. The van der Waals surface area contributed by atoms with E-state index >= 15 is 0 Å². The standard InChI is InChI=1S/C17H21FN2O4/c1-17(24)8-11(21)13(15(22)19-2)12(14(17)16(23)20-3)9-5-4-6-10(18)7-9/h4-7,12-14,24H,8H2,1-3H3,(H,19,22)(H,20,23)/t12-,13-,14+,17+/m1/s1. The molecule has 1 aliphatic rings. The second-order valence-electron chi connectivity index (χ2n) is 6.26. The molecule has 4 atom stereocenters. The second-order valence-corrected chi connectivity index (χ2v) is 6.26. The fourth-order valence-corrected chi connectivity index (χ4v) is 3.52. The lowest BCUT2D eigenvalue weighted by Crippen LogP contribution is -2.57. The first-order chi connectivity index (χ1) is 11.2. The van der Waals surface area contributed by atoms with Crippen LogP contribution in [0.3, 0.4) is 0 Å². The number of hydrogen-bond acceptors (Lipinski definition) is 4. The van der Waals surface area contributed by atoms with E-state index in [-0.39, 0.29) is 6.42 Å². The van der Waals surface area contributed by atoms with Crippen molar-refractivity contribution in [3.05, 3.63) is 35.6 Å². The normalized spacial score (nSPS) is 29.9. The molecule has 0 saturated heterocycles. The largest absolute Gasteiger partial charge is 0.389 e. The van der Waals surface area contributed by atoms with Crippen LogP contribution in [0.15, 0.2) is 24.3 Å². The van der Waals surface area contributed by atoms with E-state index in [1.807, 2.05) is 0 Å². The Labute approximate surface area is 139 Å². The molecule has 130 valence electrons. The molecule has 0 heterocycles. The summed E-state index contributed by atoms with van der Waals surface area (Å²) in [5.41, 5.74) is -1.32. The molecule has 1 fully saturated rings. The van der Waals surface area contributed by atoms with Crippen molar-refractivity contribution in [1.29, 1.82) is 0 Å². The van der Waals surface area contributed by atoms with E-state index in [0.717, 1.165) is 0 Å². The Kier molecular flexibility index (Phi) is 5.03. The molecule has 2 amide bonds. The summed E-state index contributed by atoms with van der Waals surface area (Å²) in [6.45, 7) is 1.39. The predicted molar refractivity (Wildman–Crippen MR) is 84.5 cm³/mol. The summed E-state index contributed by atoms with van der Waals surface area (Å²) in [7, 11) is 2.80. The summed E-state index contributed by atoms with van der Waals surface area (Å²) >= 11 is 0. The van der Waals surface area contributed by atoms with E-state index in [1.165, 1.54) is 39.2 Å². The highest BCUT2D eigenvalue weighted by molar-refractivity contribution is 6.05. The number of rotatable bonds is 3. The number of benzene rings is 1. The predicted octanol–water partition coefficient (Wildman–Crippen LogP) is 0.357. The van der Waals surface area contributed by atoms with Crippen LogP contribution in [0.4, 0.5) is 4.39 Å². The lowest BCUT2D eigenvalue weighted by molar-refractivity contribution is -0.154. The number of Topliss-reactive ketones (excluding diaryl/α,β-unsaturated/α-hetero) is 1. The van der Waals surface area contributed by atoms with Crippen LogP contribution < -0.4 is 10.6 Å². The van der Waals surface area contributed by atoms with Crippen LogP contribution >= 0.6 is 0 Å². The van der Waals surface area contributed by atoms with Gasteiger partial charge in [-0.05, 0) is 24.6 Å². The Morgan fingerprint density at radius 3 is 2.42 bits per heavy atom. The summed E-state index contributed by atoms with van der Waals surface area (Å²) < 4.78 is 13.7. The molecule has 7 heteroatoms. The third-order valence-electron chi connectivity index (χ3n) is 4.56. The monoisotopic (exact) mass is 336 g/mol. The molecule has 1 aliphatic carbocycles. The first-order valence-electron chi connectivity index (χ1n) is 7.66. The quantitative estimate of drug-likeness (QED) is 0.695. The molecule has 0 radical (unpaired) electrons. The number of carbonyl (C=O) groups is 3. The van der Waals surface area contributed by atoms with Crippen molar-refractivity contribution < 1.29 is 23.9 Å². The smallest absolute Gasteiger partial charge is 0.230 e. The Morgan fingerprint density at radius 2 is 1.88 bits per heavy atom. The van der Waals surface area contributed by atoms with Crippen LogP contribution in [-0.2, 0) is 14.4 Å². The summed E-state index contributed by atoms with van der Waals surface area (Å²) in [6.07, 6.45) is -0.324. The number of halogens is 1. The van der Waals surface area contributed by atoms with Gasteiger partial charge in [0.2, 0.25) is 11.8 Å². The van der Waals surface area contributed by atoms with Crippen molar-refractivity contribution in [3.63, 3.8) is 0 Å². The van der Waals surface area contributed by atoms with E-state index in [4.69, 9.17) is 0 Å². The lowest BCUT2D eigenvalue weighted by atomic mass is 9.61. The zero-order valence-electron chi connectivity index (χ0n) is 13.8. The van der Waals surface area contributed by atoms with E-state index in [1.54, 1.807) is 6.07 Å². The molecule has 3 N–H and O–H groups in total. The van der Waals surface area contributed by atoms with Crippen molar-refractivity contribution >= 4 is 17.6 Å². The number of hydrogen-bond donors (Lipinski definition) is 3. The average molecular weight is 336 g/mol. The number of aliphatic hydroxyl groups is 1. The molecular weight excluding hydrogens is 315 g/mol. The van der Waals surface area contributed by atoms with Crippen molar-refractivity contribution in [2.24, 2.45) is 11.8 Å². The highest BCUT2D eigenvalue weighted by atomic mass is 19.1. The molecule has 0 aliphatic heterocycles. The van der Waals surface area contributed by atoms with Gasteiger partial charge in [-0.1, -0.05) is 12.1 Å². The van der Waals surface area contributed by atoms with Gasteiger partial charge >= 0.3 is 0 Å². The van der Waals surface area contributed by atoms with Gasteiger partial charge in [0.25, 0.3) is 0 Å². The van der Waals surface area contributed by atoms with Crippen LogP contribution in [0.5, 0.6) is 0 Å². The van der Waals surface area contributed by atoms with Gasteiger partial charge in [-0.15, -0.1) is 0 Å². The van der Waals surface area contributed by atoms with Crippen LogP contribution in [0.2, 0.25) is 0 Å². The molecule has 0 aromatic heterocycles. The Balaban J connectivity index is 2.65. The molecular formula is C17H21FN2O4. The van der Waals surface area contributed by atoms with Crippen LogP contribution in [0.25, 0.3) is 0 Å². The molecule has 0 spiro atoms. The average Bonchev–Trinajstić information content (AvgIpc) is 2.52. The first kappa shape index (κ1) is 18.1. The molecule has 1 aromatic rings. The van der Waals surface area contributed by atoms with E-state index in [9.17, 15) is 23.9 Å². The molecule has 24 heavy (non-hydrogen) atoms. The fourth-order valence-electron chi connectivity index (χ4n) is 3.52. The second kappa shape index (κ2) is 6.68. The molecule has 6 nitrogen and oxygen atoms in total. The summed E-state index contributed by atoms with van der Waals surface area (Å²) in [5, 5.41) is 15.6. The Morgan fingerprint density at radius 1 is 1.25 bits per heavy atom. The van der Waals surface area contributed by atoms with Crippen molar-refractivity contribution in [3.8, 4) is 0 Å². The van der Waals surface area contributed by atoms with E-state index < -0.39 is 46.8 Å². The maximum atomic E-state index is 13.7. The molecule has 0 unspecified atom stereocenters. The highest BCUT2D eigenvalue weighted by Crippen LogP contribution is 2.45. The molecule has 2 rings (SSSR count). The van der Waals surface area contributed by atoms with Crippen molar-refractivity contribution in [2.45, 2.75) is 24.9 Å². The summed E-state index contributed by atoms with van der Waals surface area (Å²) in [6, 6.07) is 5.41. The minimum Gasteiger partial charge on any atom is -0.389 e. The number of ketones is 1. The maximum Gasteiger partial charge on any atom is 0.230 e. The van der Waals surface area contributed by atoms with E-state index in [0.29, 0.717) is 5.56 Å².